The molecule has 1 aliphatic carbocycles. The molecule has 18 heteroatoms. The minimum absolute atomic E-state index is 0.0325. The number of nitrogens with zero attached hydrogens (tertiary/aromatic N) is 9. The molecular formula is C52H52F2N10O6. The molecule has 8 heterocycles. The van der Waals surface area contributed by atoms with Crippen LogP contribution in [0.25, 0.3) is 27.5 Å². The summed E-state index contributed by atoms with van der Waals surface area (Å²) >= 11 is 0. The Bertz CT molecular complexity index is 3410. The molecule has 0 bridgehead atoms. The van der Waals surface area contributed by atoms with Gasteiger partial charge in [0, 0.05) is 74.5 Å². The van der Waals surface area contributed by atoms with Crippen LogP contribution in [0.1, 0.15) is 122 Å². The number of carbonyl (C=O) groups excluding carboxylic acids is 2. The highest BCUT2D eigenvalue weighted by molar-refractivity contribution is 6.00. The van der Waals surface area contributed by atoms with Crippen molar-refractivity contribution in [1.82, 2.24) is 39.2 Å². The molecule has 16 nitrogen and oxygen atoms in total. The monoisotopic (exact) mass is 950 g/mol. The number of aromatic nitrogens is 7. The molecule has 0 unspecified atom stereocenters. The lowest BCUT2D eigenvalue weighted by Gasteiger charge is -2.40. The second kappa shape index (κ2) is 16.2. The number of rotatable bonds is 8. The molecule has 4 aliphatic heterocycles. The van der Waals surface area contributed by atoms with Gasteiger partial charge in [0.15, 0.2) is 17.6 Å². The zero-order chi connectivity index (χ0) is 48.4. The van der Waals surface area contributed by atoms with Gasteiger partial charge in [-0.05, 0) is 125 Å². The Morgan fingerprint density at radius 2 is 1.69 bits per heavy atom. The molecule has 70 heavy (non-hydrogen) atoms. The molecule has 3 aromatic carbocycles. The predicted molar refractivity (Wildman–Crippen MR) is 256 cm³/mol. The van der Waals surface area contributed by atoms with Crippen molar-refractivity contribution in [2.75, 3.05) is 36.2 Å². The minimum Gasteiger partial charge on any atom is -0.381 e. The van der Waals surface area contributed by atoms with Crippen LogP contribution in [0.4, 0.5) is 20.3 Å². The second-order valence-electron chi connectivity index (χ2n) is 20.1. The first kappa shape index (κ1) is 44.1. The molecule has 2 saturated heterocycles. The summed E-state index contributed by atoms with van der Waals surface area (Å²) in [6, 6.07) is 14.7. The van der Waals surface area contributed by atoms with Crippen LogP contribution in [-0.4, -0.2) is 83.0 Å². The number of aryl methyl sites for hydroxylation is 2. The Morgan fingerprint density at radius 1 is 0.929 bits per heavy atom. The molecule has 1 N–H and O–H groups in total. The van der Waals surface area contributed by atoms with Crippen LogP contribution >= 0.6 is 0 Å². The number of fused-ring (bicyclic) bond motifs is 3. The summed E-state index contributed by atoms with van der Waals surface area (Å²) in [6.45, 7) is 11.1. The average Bonchev–Trinajstić information content (AvgIpc) is 3.77. The maximum absolute atomic E-state index is 16.6. The first-order chi connectivity index (χ1) is 33.7. The topological polar surface area (TPSA) is 162 Å². The van der Waals surface area contributed by atoms with E-state index >= 15 is 13.6 Å². The number of nitrogens with one attached hydrogen (secondary N) is 1. The molecule has 1 saturated carbocycles. The van der Waals surface area contributed by atoms with Crippen molar-refractivity contribution >= 4 is 45.2 Å². The number of H-pyrrole nitrogens is 1. The molecule has 5 aliphatic rings. The van der Waals surface area contributed by atoms with Gasteiger partial charge in [0.2, 0.25) is 5.82 Å². The van der Waals surface area contributed by atoms with E-state index < -0.39 is 23.2 Å². The summed E-state index contributed by atoms with van der Waals surface area (Å²) < 4.78 is 54.5. The van der Waals surface area contributed by atoms with Gasteiger partial charge < -0.3 is 18.9 Å². The fourth-order valence-electron chi connectivity index (χ4n) is 11.6. The third-order valence-corrected chi connectivity index (χ3v) is 15.2. The van der Waals surface area contributed by atoms with E-state index in [9.17, 15) is 9.59 Å². The molecule has 0 spiro atoms. The van der Waals surface area contributed by atoms with Gasteiger partial charge in [0.05, 0.1) is 51.9 Å². The molecule has 2 atom stereocenters. The highest BCUT2D eigenvalue weighted by Crippen LogP contribution is 2.47. The Balaban J connectivity index is 0.984. The first-order valence-electron chi connectivity index (χ1n) is 24.1. The fraction of sp³-hybridized carbons (Fsp3) is 0.404. The lowest BCUT2D eigenvalue weighted by atomic mass is 9.83. The maximum atomic E-state index is 16.6. The van der Waals surface area contributed by atoms with E-state index in [1.165, 1.54) is 11.1 Å². The number of amides is 1. The average molecular weight is 951 g/mol. The molecule has 12 rings (SSSR count). The van der Waals surface area contributed by atoms with Gasteiger partial charge in [-0.3, -0.25) is 28.8 Å². The Labute approximate surface area is 400 Å². The van der Waals surface area contributed by atoms with Crippen molar-refractivity contribution in [1.29, 1.82) is 0 Å². The van der Waals surface area contributed by atoms with Gasteiger partial charge in [0.1, 0.15) is 22.9 Å². The molecule has 4 aromatic heterocycles. The van der Waals surface area contributed by atoms with E-state index in [-0.39, 0.29) is 47.3 Å². The lowest BCUT2D eigenvalue weighted by molar-refractivity contribution is -0.0592. The lowest BCUT2D eigenvalue weighted by Crippen LogP contribution is -2.46. The molecule has 360 valence electrons. The summed E-state index contributed by atoms with van der Waals surface area (Å²) in [6.07, 6.45) is 9.59. The largest absolute Gasteiger partial charge is 0.438 e. The highest BCUT2D eigenvalue weighted by atomic mass is 19.1. The van der Waals surface area contributed by atoms with E-state index in [1.807, 2.05) is 28.3 Å². The quantitative estimate of drug-likeness (QED) is 0.145. The normalized spacial score (nSPS) is 21.0. The van der Waals surface area contributed by atoms with E-state index in [1.54, 1.807) is 58.9 Å². The van der Waals surface area contributed by atoms with Gasteiger partial charge in [-0.25, -0.2) is 23.1 Å². The number of hydrogen-bond acceptors (Lipinski definition) is 11. The van der Waals surface area contributed by atoms with Gasteiger partial charge in [-0.15, -0.1) is 0 Å². The summed E-state index contributed by atoms with van der Waals surface area (Å²) in [5.41, 5.74) is 4.49. The van der Waals surface area contributed by atoms with E-state index in [0.717, 1.165) is 42.1 Å². The Hall–Kier alpha value is -7.14. The Kier molecular flexibility index (Phi) is 10.2. The third-order valence-electron chi connectivity index (χ3n) is 15.2. The zero-order valence-corrected chi connectivity index (χ0v) is 39.6. The summed E-state index contributed by atoms with van der Waals surface area (Å²) in [5.74, 6) is 1.16. The number of ether oxygens (including phenoxy) is 2. The van der Waals surface area contributed by atoms with Crippen molar-refractivity contribution < 1.29 is 32.4 Å². The molecular weight excluding hydrogens is 899 g/mol. The van der Waals surface area contributed by atoms with Gasteiger partial charge in [-0.1, -0.05) is 11.2 Å². The molecule has 7 aromatic rings. The summed E-state index contributed by atoms with van der Waals surface area (Å²) in [5, 5.41) is 15.1. The standard InChI is InChI=1S/C52H52F2N10O6/c1-29-22-36(23-30(2)45(29)53)64-47(61-18-17-60(43(61)28-65)41-11-10-40-37(46(41)54)27-55-63(40)35-7-8-35)44-31(3)59(16-12-38(44)57-64)48(66)42-25-34-24-32(33-13-19-69-51(4,5)26-33)6-9-39(34)62(42)52(14-20-68-21-15-52)49-56-50(67)70-58-49/h6,9-11,17-18,22-25,27,31,33,35H,7-8,12-16,19-21,26H2,1-5H3,(H,56,58,67)/t31-,33-/m0/s1. The number of carbonyl (C=O) groups is 1. The maximum Gasteiger partial charge on any atom is 0.438 e. The van der Waals surface area contributed by atoms with Crippen LogP contribution in [0.15, 0.2) is 82.3 Å². The van der Waals surface area contributed by atoms with Crippen LogP contribution in [0.5, 0.6) is 0 Å². The van der Waals surface area contributed by atoms with Crippen LogP contribution in [-0.2, 0) is 26.2 Å². The van der Waals surface area contributed by atoms with Crippen molar-refractivity contribution in [3.05, 3.63) is 135 Å². The van der Waals surface area contributed by atoms with Gasteiger partial charge in [0.25, 0.3) is 5.91 Å². The van der Waals surface area contributed by atoms with E-state index in [2.05, 4.69) is 53.2 Å². The van der Waals surface area contributed by atoms with Gasteiger partial charge >= 0.3 is 5.76 Å². The number of benzene rings is 3. The van der Waals surface area contributed by atoms with Crippen LogP contribution in [0.3, 0.4) is 0 Å². The van der Waals surface area contributed by atoms with Gasteiger partial charge in [-0.2, -0.15) is 10.2 Å². The van der Waals surface area contributed by atoms with Crippen LogP contribution < -0.4 is 15.6 Å². The first-order valence-corrected chi connectivity index (χ1v) is 24.1. The van der Waals surface area contributed by atoms with Crippen molar-refractivity contribution in [3.8, 4) is 5.69 Å². The number of halogens is 2. The smallest absolute Gasteiger partial charge is 0.381 e. The molecule has 0 radical (unpaired) electrons. The number of hydrogen-bond donors (Lipinski definition) is 1. The third kappa shape index (κ3) is 6.89. The van der Waals surface area contributed by atoms with Crippen LogP contribution in [0, 0.1) is 25.5 Å². The van der Waals surface area contributed by atoms with Crippen molar-refractivity contribution in [2.45, 2.75) is 109 Å². The van der Waals surface area contributed by atoms with Crippen LogP contribution in [0.2, 0.25) is 0 Å². The van der Waals surface area contributed by atoms with E-state index in [0.29, 0.717) is 95.4 Å². The van der Waals surface area contributed by atoms with Crippen molar-refractivity contribution in [2.24, 2.45) is 0 Å². The summed E-state index contributed by atoms with van der Waals surface area (Å²) in [7, 11) is 0. The minimum atomic E-state index is -1.01. The highest BCUT2D eigenvalue weighted by Gasteiger charge is 2.46. The number of aromatic amines is 1. The molecule has 3 fully saturated rings. The fourth-order valence-corrected chi connectivity index (χ4v) is 11.6. The second-order valence-corrected chi connectivity index (χ2v) is 20.1. The molecule has 1 amide bonds. The van der Waals surface area contributed by atoms with Crippen molar-refractivity contribution in [3.63, 3.8) is 0 Å². The number of anilines is 2. The predicted octanol–water partition coefficient (Wildman–Crippen LogP) is 8.54. The Morgan fingerprint density at radius 3 is 2.40 bits per heavy atom. The SMILES string of the molecule is Cc1cc(-n2nc3c(c2N2C=CN(c4ccc5c(cnn5C5CC5)c4F)C2=C=O)[C@H](C)N(C(=O)c2cc4cc([C@H]5CCOC(C)(C)C5)ccc4n2C2(c4noc(=O)[nH]4)CCOCC2)CC3)cc(C)c1F. The van der Waals surface area contributed by atoms with E-state index in [4.69, 9.17) is 19.1 Å². The summed E-state index contributed by atoms with van der Waals surface area (Å²) in [4.78, 5) is 49.5. The zero-order valence-electron chi connectivity index (χ0n) is 39.6.